The van der Waals surface area contributed by atoms with Gasteiger partial charge in [-0.2, -0.15) is 5.10 Å². The number of hydrogen-bond acceptors (Lipinski definition) is 6. The van der Waals surface area contributed by atoms with Crippen molar-refractivity contribution in [3.05, 3.63) is 88.7 Å². The summed E-state index contributed by atoms with van der Waals surface area (Å²) >= 11 is 0. The van der Waals surface area contributed by atoms with Crippen molar-refractivity contribution in [1.29, 1.82) is 0 Å². The summed E-state index contributed by atoms with van der Waals surface area (Å²) in [5.74, 6) is 0.822. The largest absolute Gasteiger partial charge is 0.497 e. The summed E-state index contributed by atoms with van der Waals surface area (Å²) in [5.41, 5.74) is 4.13. The third-order valence-corrected chi connectivity index (χ3v) is 6.39. The molecule has 8 nitrogen and oxygen atoms in total. The van der Waals surface area contributed by atoms with Crippen LogP contribution in [0, 0.1) is 6.92 Å². The molecule has 0 aliphatic carbocycles. The zero-order chi connectivity index (χ0) is 27.4. The number of anilines is 1. The standard InChI is InChI=1S/C30H32N4O4/c1-7-10-21(15-19(4)8-2)29-24-13-12-23(37-6)17-25(24)30(36)34(32-29)18-28(35)33(9-3)22-11-14-26-27(16-22)38-20(5)31-26/h7,10-17H,1,8-9,18H2,2-6H3/b19-15+,21-10+. The van der Waals surface area contributed by atoms with Crippen molar-refractivity contribution >= 4 is 39.0 Å². The molecule has 0 radical (unpaired) electrons. The van der Waals surface area contributed by atoms with Crippen LogP contribution in [-0.4, -0.2) is 34.3 Å². The van der Waals surface area contributed by atoms with Crippen LogP contribution < -0.4 is 15.2 Å². The van der Waals surface area contributed by atoms with E-state index in [-0.39, 0.29) is 18.0 Å². The molecule has 0 spiro atoms. The fraction of sp³-hybridized carbons (Fsp3) is 0.267. The highest BCUT2D eigenvalue weighted by Crippen LogP contribution is 2.27. The Morgan fingerprint density at radius 2 is 1.97 bits per heavy atom. The summed E-state index contributed by atoms with van der Waals surface area (Å²) in [6.07, 6.45) is 6.43. The molecule has 0 aliphatic heterocycles. The highest BCUT2D eigenvalue weighted by atomic mass is 16.5. The fourth-order valence-electron chi connectivity index (χ4n) is 4.32. The van der Waals surface area contributed by atoms with Crippen LogP contribution in [0.5, 0.6) is 5.75 Å². The summed E-state index contributed by atoms with van der Waals surface area (Å²) in [5, 5.41) is 5.78. The lowest BCUT2D eigenvalue weighted by Crippen LogP contribution is -2.37. The van der Waals surface area contributed by atoms with Gasteiger partial charge in [-0.25, -0.2) is 9.67 Å². The number of carbonyl (C=O) groups excluding carboxylic acids is 1. The molecular weight excluding hydrogens is 480 g/mol. The van der Waals surface area contributed by atoms with Crippen molar-refractivity contribution in [2.45, 2.75) is 40.7 Å². The van der Waals surface area contributed by atoms with E-state index in [0.29, 0.717) is 45.9 Å². The third-order valence-electron chi connectivity index (χ3n) is 6.39. The minimum Gasteiger partial charge on any atom is -0.497 e. The first-order chi connectivity index (χ1) is 18.3. The van der Waals surface area contributed by atoms with Crippen LogP contribution in [0.1, 0.15) is 38.8 Å². The maximum atomic E-state index is 13.6. The molecule has 2 heterocycles. The molecule has 0 bridgehead atoms. The van der Waals surface area contributed by atoms with E-state index in [0.717, 1.165) is 23.1 Å². The van der Waals surface area contributed by atoms with Crippen LogP contribution in [0.2, 0.25) is 0 Å². The van der Waals surface area contributed by atoms with Gasteiger partial charge >= 0.3 is 0 Å². The second-order valence-corrected chi connectivity index (χ2v) is 8.95. The Morgan fingerprint density at radius 3 is 2.66 bits per heavy atom. The number of oxazole rings is 1. The molecule has 196 valence electrons. The summed E-state index contributed by atoms with van der Waals surface area (Å²) in [6.45, 7) is 11.8. The van der Waals surface area contributed by atoms with Crippen LogP contribution in [0.3, 0.4) is 0 Å². The highest BCUT2D eigenvalue weighted by molar-refractivity contribution is 5.97. The second-order valence-electron chi connectivity index (χ2n) is 8.95. The molecule has 2 aromatic carbocycles. The number of aromatic nitrogens is 3. The monoisotopic (exact) mass is 512 g/mol. The summed E-state index contributed by atoms with van der Waals surface area (Å²) in [6, 6.07) is 10.7. The Morgan fingerprint density at radius 1 is 1.18 bits per heavy atom. The van der Waals surface area contributed by atoms with Gasteiger partial charge in [0.15, 0.2) is 11.5 Å². The van der Waals surface area contributed by atoms with Crippen molar-refractivity contribution in [3.8, 4) is 5.75 Å². The number of fused-ring (bicyclic) bond motifs is 2. The van der Waals surface area contributed by atoms with E-state index >= 15 is 0 Å². The molecule has 0 atom stereocenters. The Bertz CT molecular complexity index is 1640. The Hall–Kier alpha value is -4.46. The maximum Gasteiger partial charge on any atom is 0.275 e. The van der Waals surface area contributed by atoms with Crippen molar-refractivity contribution in [1.82, 2.24) is 14.8 Å². The zero-order valence-corrected chi connectivity index (χ0v) is 22.4. The van der Waals surface area contributed by atoms with Gasteiger partial charge in [0.2, 0.25) is 5.91 Å². The SMILES string of the molecule is C=C/C=C(\C=C(/C)CC)c1nn(CC(=O)N(CC)c2ccc3nc(C)oc3c2)c(=O)c2cc(OC)ccc12. The number of amides is 1. The topological polar surface area (TPSA) is 90.5 Å². The molecule has 2 aromatic heterocycles. The molecule has 8 heteroatoms. The Balaban J connectivity index is 1.83. The van der Waals surface area contributed by atoms with Gasteiger partial charge in [-0.3, -0.25) is 9.59 Å². The molecule has 0 saturated heterocycles. The predicted molar refractivity (Wildman–Crippen MR) is 152 cm³/mol. The van der Waals surface area contributed by atoms with Gasteiger partial charge in [-0.05, 0) is 50.6 Å². The second kappa shape index (κ2) is 11.3. The molecule has 4 rings (SSSR count). The third kappa shape index (κ3) is 5.29. The molecule has 0 fully saturated rings. The van der Waals surface area contributed by atoms with Gasteiger partial charge < -0.3 is 14.1 Å². The van der Waals surface area contributed by atoms with E-state index in [9.17, 15) is 9.59 Å². The number of likely N-dealkylation sites (N-methyl/N-ethyl adjacent to an activating group) is 1. The minimum absolute atomic E-state index is 0.238. The van der Waals surface area contributed by atoms with E-state index in [4.69, 9.17) is 14.3 Å². The van der Waals surface area contributed by atoms with Crippen molar-refractivity contribution in [2.24, 2.45) is 0 Å². The van der Waals surface area contributed by atoms with Crippen molar-refractivity contribution < 1.29 is 13.9 Å². The molecule has 4 aromatic rings. The molecule has 1 amide bonds. The van der Waals surface area contributed by atoms with Crippen LogP contribution >= 0.6 is 0 Å². The molecular formula is C30H32N4O4. The molecule has 0 saturated carbocycles. The Kier molecular flexibility index (Phi) is 7.90. The van der Waals surface area contributed by atoms with E-state index < -0.39 is 0 Å². The first kappa shape index (κ1) is 26.6. The molecule has 0 aliphatic rings. The first-order valence-corrected chi connectivity index (χ1v) is 12.6. The van der Waals surface area contributed by atoms with Crippen molar-refractivity contribution in [3.63, 3.8) is 0 Å². The lowest BCUT2D eigenvalue weighted by atomic mass is 10.0. The van der Waals surface area contributed by atoms with Crippen LogP contribution in [-0.2, 0) is 11.3 Å². The minimum atomic E-state index is -0.373. The fourth-order valence-corrected chi connectivity index (χ4v) is 4.32. The Labute approximate surface area is 221 Å². The van der Waals surface area contributed by atoms with E-state index in [2.05, 4.69) is 18.5 Å². The number of hydrogen-bond donors (Lipinski definition) is 0. The number of allylic oxidation sites excluding steroid dienone is 5. The highest BCUT2D eigenvalue weighted by Gasteiger charge is 2.20. The van der Waals surface area contributed by atoms with Crippen molar-refractivity contribution in [2.75, 3.05) is 18.6 Å². The lowest BCUT2D eigenvalue weighted by Gasteiger charge is -2.21. The lowest BCUT2D eigenvalue weighted by molar-refractivity contribution is -0.119. The van der Waals surface area contributed by atoms with E-state index in [1.54, 1.807) is 43.2 Å². The summed E-state index contributed by atoms with van der Waals surface area (Å²) < 4.78 is 12.3. The molecule has 0 N–H and O–H groups in total. The van der Waals surface area contributed by atoms with E-state index in [1.807, 2.05) is 44.2 Å². The van der Waals surface area contributed by atoms with Crippen LogP contribution in [0.25, 0.3) is 27.4 Å². The number of carbonyl (C=O) groups is 1. The average Bonchev–Trinajstić information content (AvgIpc) is 3.29. The average molecular weight is 513 g/mol. The van der Waals surface area contributed by atoms with E-state index in [1.165, 1.54) is 4.68 Å². The number of ether oxygens (including phenoxy) is 1. The maximum absolute atomic E-state index is 13.6. The first-order valence-electron chi connectivity index (χ1n) is 12.6. The molecule has 38 heavy (non-hydrogen) atoms. The number of aryl methyl sites for hydroxylation is 1. The summed E-state index contributed by atoms with van der Waals surface area (Å²) in [7, 11) is 1.55. The quantitative estimate of drug-likeness (QED) is 0.262. The van der Waals surface area contributed by atoms with Crippen LogP contribution in [0.15, 0.2) is 76.0 Å². The summed E-state index contributed by atoms with van der Waals surface area (Å²) in [4.78, 5) is 33.0. The normalized spacial score (nSPS) is 12.2. The number of rotatable bonds is 9. The van der Waals surface area contributed by atoms with Gasteiger partial charge in [-0.1, -0.05) is 37.3 Å². The molecule has 0 unspecified atom stereocenters. The van der Waals surface area contributed by atoms with Gasteiger partial charge in [0.05, 0.1) is 18.2 Å². The number of benzene rings is 2. The predicted octanol–water partition coefficient (Wildman–Crippen LogP) is 5.83. The zero-order valence-electron chi connectivity index (χ0n) is 22.4. The smallest absolute Gasteiger partial charge is 0.275 e. The van der Waals surface area contributed by atoms with Gasteiger partial charge in [-0.15, -0.1) is 0 Å². The number of methoxy groups -OCH3 is 1. The van der Waals surface area contributed by atoms with Gasteiger partial charge in [0.25, 0.3) is 5.56 Å². The van der Waals surface area contributed by atoms with Gasteiger partial charge in [0, 0.05) is 36.2 Å². The number of nitrogens with zero attached hydrogens (tertiary/aromatic N) is 4. The van der Waals surface area contributed by atoms with Gasteiger partial charge in [0.1, 0.15) is 17.8 Å². The van der Waals surface area contributed by atoms with Crippen LogP contribution in [0.4, 0.5) is 5.69 Å².